The standard InChI is InChI=1S/C20H21F3N2/c1-2-19(25-13-11-24-12-14-25)17-5-3-15(4-6-17)16-7-9-18(10-8-16)20(21,22)23/h2-10,19,24H,1,11-14H2/t19-/m1/s1. The third kappa shape index (κ3) is 4.11. The molecule has 0 saturated carbocycles. The third-order valence-electron chi connectivity index (χ3n) is 4.57. The van der Waals surface area contributed by atoms with E-state index in [9.17, 15) is 13.2 Å². The van der Waals surface area contributed by atoms with E-state index >= 15 is 0 Å². The molecule has 0 radical (unpaired) electrons. The Kier molecular flexibility index (Phi) is 5.25. The Morgan fingerprint density at radius 2 is 1.44 bits per heavy atom. The molecule has 0 unspecified atom stereocenters. The molecule has 3 rings (SSSR count). The third-order valence-corrected chi connectivity index (χ3v) is 4.57. The van der Waals surface area contributed by atoms with Crippen LogP contribution < -0.4 is 5.32 Å². The van der Waals surface area contributed by atoms with Gasteiger partial charge >= 0.3 is 6.18 Å². The van der Waals surface area contributed by atoms with Crippen LogP contribution in [0.1, 0.15) is 17.2 Å². The molecule has 2 aromatic carbocycles. The molecule has 0 amide bonds. The van der Waals surface area contributed by atoms with Crippen molar-refractivity contribution in [3.05, 3.63) is 72.3 Å². The monoisotopic (exact) mass is 346 g/mol. The second-order valence-electron chi connectivity index (χ2n) is 6.16. The second kappa shape index (κ2) is 7.42. The van der Waals surface area contributed by atoms with Crippen molar-refractivity contribution in [1.82, 2.24) is 10.2 Å². The van der Waals surface area contributed by atoms with Gasteiger partial charge in [0.15, 0.2) is 0 Å². The van der Waals surface area contributed by atoms with Gasteiger partial charge in [0, 0.05) is 26.2 Å². The summed E-state index contributed by atoms with van der Waals surface area (Å²) in [6, 6.07) is 13.4. The lowest BCUT2D eigenvalue weighted by atomic mass is 9.99. The van der Waals surface area contributed by atoms with Crippen molar-refractivity contribution in [3.8, 4) is 11.1 Å². The SMILES string of the molecule is C=C[C@H](c1ccc(-c2ccc(C(F)(F)F)cc2)cc1)N1CCNCC1. The Hall–Kier alpha value is -2.11. The summed E-state index contributed by atoms with van der Waals surface area (Å²) in [7, 11) is 0. The zero-order chi connectivity index (χ0) is 17.9. The number of piperazine rings is 1. The first-order valence-corrected chi connectivity index (χ1v) is 8.34. The summed E-state index contributed by atoms with van der Waals surface area (Å²) in [5.74, 6) is 0. The molecule has 1 fully saturated rings. The minimum atomic E-state index is -4.30. The first kappa shape index (κ1) is 17.7. The molecular formula is C20H21F3N2. The van der Waals surface area contributed by atoms with Gasteiger partial charge in [-0.25, -0.2) is 0 Å². The molecule has 0 bridgehead atoms. The van der Waals surface area contributed by atoms with E-state index in [4.69, 9.17) is 0 Å². The topological polar surface area (TPSA) is 15.3 Å². The number of nitrogens with zero attached hydrogens (tertiary/aromatic N) is 1. The minimum Gasteiger partial charge on any atom is -0.314 e. The highest BCUT2D eigenvalue weighted by molar-refractivity contribution is 5.64. The van der Waals surface area contributed by atoms with Gasteiger partial charge < -0.3 is 5.32 Å². The van der Waals surface area contributed by atoms with Gasteiger partial charge in [-0.3, -0.25) is 4.90 Å². The fourth-order valence-corrected chi connectivity index (χ4v) is 3.18. The molecule has 1 saturated heterocycles. The molecule has 1 atom stereocenters. The smallest absolute Gasteiger partial charge is 0.314 e. The summed E-state index contributed by atoms with van der Waals surface area (Å²) in [5, 5.41) is 3.33. The van der Waals surface area contributed by atoms with Crippen molar-refractivity contribution in [3.63, 3.8) is 0 Å². The molecular weight excluding hydrogens is 325 g/mol. The van der Waals surface area contributed by atoms with Crippen LogP contribution in [0.3, 0.4) is 0 Å². The molecule has 0 spiro atoms. The Labute approximate surface area is 146 Å². The first-order chi connectivity index (χ1) is 12.0. The van der Waals surface area contributed by atoms with Crippen LogP contribution in [0.25, 0.3) is 11.1 Å². The van der Waals surface area contributed by atoms with Gasteiger partial charge in [0.05, 0.1) is 11.6 Å². The van der Waals surface area contributed by atoms with E-state index in [1.807, 2.05) is 30.3 Å². The van der Waals surface area contributed by atoms with Gasteiger partial charge in [-0.15, -0.1) is 6.58 Å². The fourth-order valence-electron chi connectivity index (χ4n) is 3.18. The molecule has 1 N–H and O–H groups in total. The normalized spacial score (nSPS) is 17.2. The van der Waals surface area contributed by atoms with Gasteiger partial charge in [0.1, 0.15) is 0 Å². The van der Waals surface area contributed by atoms with Crippen LogP contribution in [0.2, 0.25) is 0 Å². The van der Waals surface area contributed by atoms with Crippen LogP contribution in [0.15, 0.2) is 61.2 Å². The summed E-state index contributed by atoms with van der Waals surface area (Å²) in [6.45, 7) is 7.83. The van der Waals surface area contributed by atoms with Crippen LogP contribution in [0.4, 0.5) is 13.2 Å². The lowest BCUT2D eigenvalue weighted by molar-refractivity contribution is -0.137. The van der Waals surface area contributed by atoms with Crippen molar-refractivity contribution < 1.29 is 13.2 Å². The van der Waals surface area contributed by atoms with Gasteiger partial charge in [-0.05, 0) is 28.8 Å². The Bertz CT molecular complexity index is 699. The number of benzene rings is 2. The maximum absolute atomic E-state index is 12.7. The maximum Gasteiger partial charge on any atom is 0.416 e. The summed E-state index contributed by atoms with van der Waals surface area (Å²) in [5.41, 5.74) is 2.20. The minimum absolute atomic E-state index is 0.156. The number of nitrogens with one attached hydrogen (secondary N) is 1. The van der Waals surface area contributed by atoms with Crippen LogP contribution in [-0.4, -0.2) is 31.1 Å². The van der Waals surface area contributed by atoms with Gasteiger partial charge in [-0.1, -0.05) is 42.5 Å². The molecule has 132 valence electrons. The van der Waals surface area contributed by atoms with Crippen molar-refractivity contribution in [2.24, 2.45) is 0 Å². The van der Waals surface area contributed by atoms with Crippen molar-refractivity contribution >= 4 is 0 Å². The number of rotatable bonds is 4. The highest BCUT2D eigenvalue weighted by atomic mass is 19.4. The van der Waals surface area contributed by atoms with E-state index < -0.39 is 11.7 Å². The average molecular weight is 346 g/mol. The molecule has 1 heterocycles. The highest BCUT2D eigenvalue weighted by Crippen LogP contribution is 2.31. The molecule has 2 nitrogen and oxygen atoms in total. The average Bonchev–Trinajstić information content (AvgIpc) is 2.63. The summed E-state index contributed by atoms with van der Waals surface area (Å²) >= 11 is 0. The Balaban J connectivity index is 1.78. The molecule has 1 aliphatic heterocycles. The molecule has 2 aromatic rings. The Morgan fingerprint density at radius 3 is 1.92 bits per heavy atom. The highest BCUT2D eigenvalue weighted by Gasteiger charge is 2.30. The molecule has 5 heteroatoms. The predicted octanol–water partition coefficient (Wildman–Crippen LogP) is 4.50. The van der Waals surface area contributed by atoms with E-state index in [0.29, 0.717) is 0 Å². The zero-order valence-corrected chi connectivity index (χ0v) is 13.9. The lowest BCUT2D eigenvalue weighted by Gasteiger charge is -2.33. The quantitative estimate of drug-likeness (QED) is 0.820. The Morgan fingerprint density at radius 1 is 0.920 bits per heavy atom. The lowest BCUT2D eigenvalue weighted by Crippen LogP contribution is -2.44. The van der Waals surface area contributed by atoms with E-state index in [2.05, 4.69) is 16.8 Å². The van der Waals surface area contributed by atoms with Gasteiger partial charge in [-0.2, -0.15) is 13.2 Å². The van der Waals surface area contributed by atoms with E-state index in [-0.39, 0.29) is 6.04 Å². The van der Waals surface area contributed by atoms with Crippen LogP contribution in [0, 0.1) is 0 Å². The van der Waals surface area contributed by atoms with Crippen LogP contribution in [-0.2, 0) is 6.18 Å². The van der Waals surface area contributed by atoms with E-state index in [1.54, 1.807) is 0 Å². The number of hydrogen-bond acceptors (Lipinski definition) is 2. The van der Waals surface area contributed by atoms with E-state index in [1.165, 1.54) is 12.1 Å². The van der Waals surface area contributed by atoms with Crippen LogP contribution >= 0.6 is 0 Å². The maximum atomic E-state index is 12.7. The van der Waals surface area contributed by atoms with Crippen molar-refractivity contribution in [1.29, 1.82) is 0 Å². The summed E-state index contributed by atoms with van der Waals surface area (Å²) in [6.07, 6.45) is -2.36. The van der Waals surface area contributed by atoms with Gasteiger partial charge in [0.2, 0.25) is 0 Å². The zero-order valence-electron chi connectivity index (χ0n) is 13.9. The summed E-state index contributed by atoms with van der Waals surface area (Å²) in [4.78, 5) is 2.37. The fraction of sp³-hybridized carbons (Fsp3) is 0.300. The molecule has 0 aromatic heterocycles. The molecule has 1 aliphatic rings. The molecule has 25 heavy (non-hydrogen) atoms. The largest absolute Gasteiger partial charge is 0.416 e. The van der Waals surface area contributed by atoms with Crippen molar-refractivity contribution in [2.45, 2.75) is 12.2 Å². The number of hydrogen-bond donors (Lipinski definition) is 1. The number of alkyl halides is 3. The molecule has 0 aliphatic carbocycles. The number of halogens is 3. The van der Waals surface area contributed by atoms with Gasteiger partial charge in [0.25, 0.3) is 0 Å². The summed E-state index contributed by atoms with van der Waals surface area (Å²) < 4.78 is 38.0. The first-order valence-electron chi connectivity index (χ1n) is 8.34. The van der Waals surface area contributed by atoms with E-state index in [0.717, 1.165) is 55.0 Å². The predicted molar refractivity (Wildman–Crippen MR) is 94.3 cm³/mol. The second-order valence-corrected chi connectivity index (χ2v) is 6.16. The van der Waals surface area contributed by atoms with Crippen molar-refractivity contribution in [2.75, 3.05) is 26.2 Å². The van der Waals surface area contributed by atoms with Crippen LogP contribution in [0.5, 0.6) is 0 Å².